The summed E-state index contributed by atoms with van der Waals surface area (Å²) < 4.78 is 131. The summed E-state index contributed by atoms with van der Waals surface area (Å²) in [4.78, 5) is 188. The van der Waals surface area contributed by atoms with E-state index in [2.05, 4.69) is 69.8 Å². The summed E-state index contributed by atoms with van der Waals surface area (Å²) in [7, 11) is 1.05. The topological polar surface area (TPSA) is 707 Å². The maximum atomic E-state index is 15.0. The summed E-state index contributed by atoms with van der Waals surface area (Å²) in [6.45, 7) is -19.4. The van der Waals surface area contributed by atoms with E-state index in [1.165, 1.54) is 87.0 Å². The Balaban J connectivity index is 0.00000227. The molecule has 6 fully saturated rings. The molecule has 10 aromatic rings. The minimum atomic E-state index is -4.92. The van der Waals surface area contributed by atoms with Crippen molar-refractivity contribution < 1.29 is 289 Å². The van der Waals surface area contributed by atoms with E-state index in [1.807, 2.05) is 27.7 Å². The number of nitrogens with zero attached hydrogens (tertiary/aromatic N) is 17. The molecule has 53 nitrogen and oxygen atoms in total. The Morgan fingerprint density at radius 1 is 0.394 bits per heavy atom. The van der Waals surface area contributed by atoms with Gasteiger partial charge in [0.1, 0.15) is 137 Å². The first-order valence-electron chi connectivity index (χ1n) is 40.0. The van der Waals surface area contributed by atoms with Gasteiger partial charge in [0, 0.05) is 69.2 Å². The van der Waals surface area contributed by atoms with Crippen LogP contribution < -0.4 is 253 Å². The number of hydrogen-bond donors (Lipinski definition) is 7. The maximum absolute atomic E-state index is 15.0. The van der Waals surface area contributed by atoms with E-state index in [1.54, 1.807) is 6.92 Å². The molecule has 0 saturated carbocycles. The zero-order valence-corrected chi connectivity index (χ0v) is 98.2. The molecule has 16 rings (SSSR count). The van der Waals surface area contributed by atoms with Gasteiger partial charge in [-0.2, -0.15) is 4.98 Å². The van der Waals surface area contributed by atoms with Crippen molar-refractivity contribution in [3.63, 3.8) is 0 Å². The summed E-state index contributed by atoms with van der Waals surface area (Å²) >= 11 is 32.6. The molecule has 16 heterocycles. The molecule has 137 heavy (non-hydrogen) atoms. The van der Waals surface area contributed by atoms with Crippen LogP contribution in [0.3, 0.4) is 0 Å². The summed E-state index contributed by atoms with van der Waals surface area (Å²) in [6, 6.07) is 0. The molecule has 0 aliphatic carbocycles. The second kappa shape index (κ2) is 51.8. The van der Waals surface area contributed by atoms with Crippen molar-refractivity contribution in [3.8, 4) is 0 Å². The molecule has 11 N–H and O–H groups in total. The first kappa shape index (κ1) is 122. The number of ether oxygens (including phenoxy) is 6. The van der Waals surface area contributed by atoms with E-state index < -0.39 is 212 Å². The molecule has 71 heteroatoms. The number of aromatic amines is 3. The molecule has 24 atom stereocenters. The molecule has 716 valence electrons. The van der Waals surface area contributed by atoms with Gasteiger partial charge in [-0.05, 0) is 20.3 Å². The number of H-pyrrole nitrogens is 3. The fourth-order valence-electron chi connectivity index (χ4n) is 15.0. The maximum Gasteiger partial charge on any atom is 1.00 e. The predicted molar refractivity (Wildman–Crippen MR) is 470 cm³/mol. The van der Waals surface area contributed by atoms with Gasteiger partial charge in [-0.1, -0.05) is 93.7 Å². The summed E-state index contributed by atoms with van der Waals surface area (Å²) in [5, 5.41) is 0. The number of imidazole rings is 4. The molecule has 0 bridgehead atoms. The van der Waals surface area contributed by atoms with Crippen LogP contribution in [0.2, 0.25) is 0 Å². The third kappa shape index (κ3) is 29.4. The second-order valence-electron chi connectivity index (χ2n) is 29.3. The Morgan fingerprint density at radius 2 is 0.664 bits per heavy atom. The zero-order valence-electron chi connectivity index (χ0n) is 76.0. The van der Waals surface area contributed by atoms with E-state index in [9.17, 15) is 53.0 Å². The number of anilines is 4. The minimum absolute atomic E-state index is 0. The van der Waals surface area contributed by atoms with Crippen molar-refractivity contribution in [3.05, 3.63) is 120 Å². The van der Waals surface area contributed by atoms with Crippen LogP contribution in [0.25, 0.3) is 44.7 Å². The van der Waals surface area contributed by atoms with Crippen molar-refractivity contribution >= 4 is 180 Å². The average molecular weight is 2200 g/mol. The van der Waals surface area contributed by atoms with Crippen LogP contribution in [0.4, 0.5) is 23.4 Å². The first-order chi connectivity index (χ1) is 62.2. The normalized spacial score (nSPS) is 27.2. The van der Waals surface area contributed by atoms with Crippen molar-refractivity contribution in [2.45, 2.75) is 204 Å². The van der Waals surface area contributed by atoms with Gasteiger partial charge >= 0.3 is 189 Å². The third-order valence-electron chi connectivity index (χ3n) is 21.0. The van der Waals surface area contributed by atoms with Crippen LogP contribution in [-0.2, 0) is 159 Å². The molecule has 0 spiro atoms. The molecular weight excluding hydrogens is 2110 g/mol. The van der Waals surface area contributed by atoms with E-state index >= 15 is 0 Å². The zero-order chi connectivity index (χ0) is 94.3. The average Bonchev–Trinajstić information content (AvgIpc) is 1.62. The number of aromatic nitrogens is 20. The van der Waals surface area contributed by atoms with Crippen molar-refractivity contribution in [2.24, 2.45) is 0 Å². The van der Waals surface area contributed by atoms with Crippen LogP contribution in [0, 0.1) is 13.8 Å². The van der Waals surface area contributed by atoms with Crippen molar-refractivity contribution in [1.29, 1.82) is 0 Å². The summed E-state index contributed by atoms with van der Waals surface area (Å²) in [5.41, 5.74) is 21.8. The number of fused-ring (bicyclic) bond motifs is 4. The van der Waals surface area contributed by atoms with E-state index in [0.29, 0.717) is 6.42 Å². The smallest absolute Gasteiger partial charge is 0.780 e. The first-order valence-corrected chi connectivity index (χ1v) is 55.3. The minimum Gasteiger partial charge on any atom is -0.780 e. The number of hydrogen-bond acceptors (Lipinski definition) is 50. The van der Waals surface area contributed by atoms with Gasteiger partial charge in [0.25, 0.3) is 16.7 Å². The van der Waals surface area contributed by atoms with Gasteiger partial charge < -0.3 is 142 Å². The third-order valence-corrected chi connectivity index (χ3v) is 30.6. The molecule has 0 radical (unpaired) electrons. The van der Waals surface area contributed by atoms with Crippen LogP contribution in [-0.4, -0.2) is 211 Å². The summed E-state index contributed by atoms with van der Waals surface area (Å²) in [6.07, 6.45) is -12.3. The standard InChI is InChI=1S/C62H80N24O29P6S6.2C2H6.6Na/c1-5-28-29(6-40(104-28)81-12-26(2)57(87)79-61(81)90)111-117(93,123)99-16-37-32(9-42(106-37)83-22-73-46-50(63)67-19-70-53(46)83)114-120(96,126)102-18-39-34(11-44(108-39)85-24-75-48-52(65)69-21-72-55(48)85)115-121(97,127)103-17-38-33(10-43(107-38)84-23-74-47-51(64)68-20-71-54(47)84)113-119(95,125)101-15-36-31(7-41(105-36)82-13-27(3)58(88)80-62(82)91)112-118(94,124)100-14-35-30(110-116(92,122)98-4)8-45(109-35)86-25-76-49-56(86)77-60(66)78-59(49)89;2*1-2;;;;;;/h12-13,19-25,28-45H,5-11,14-18H2,1-4H3,(H,92,122)(H,93,123)(H,94,124)(H,95,125)(H,96,126)(H,97,127)(H2,63,67,70)(H2,64,68,71)(H2,65,69,72)(H,79,87,90)(H,80,88,91)(H3,66,77,78,89);2*1-2H3;;;;;;/q;;;6*+1/p-6/t28-,29?,30?,31?,32?,33?,34?,35-,36-,37-,38-,39-,40-,41-,42-,43-,44-,45-,116?,117?,118?,119?,120?,121?;;;;;;;;/m1......../s1. The van der Waals surface area contributed by atoms with Crippen LogP contribution in [0.15, 0.2) is 80.7 Å². The molecule has 0 aromatic carbocycles. The van der Waals surface area contributed by atoms with Crippen molar-refractivity contribution in [1.82, 2.24) is 97.2 Å². The van der Waals surface area contributed by atoms with Crippen LogP contribution in [0.5, 0.6) is 0 Å². The molecular formula is C66H86N24Na6O29P6S6. The Hall–Kier alpha value is -0.530. The monoisotopic (exact) mass is 2190 g/mol. The molecule has 12 unspecified atom stereocenters. The number of aryl methyl sites for hydroxylation is 2. The number of nitrogens with one attached hydrogen (secondary N) is 3. The van der Waals surface area contributed by atoms with Crippen molar-refractivity contribution in [2.75, 3.05) is 63.1 Å². The quantitative estimate of drug-likeness (QED) is 0.0110. The summed E-state index contributed by atoms with van der Waals surface area (Å²) in [5.74, 6) is -0.237. The van der Waals surface area contributed by atoms with Gasteiger partial charge in [-0.3, -0.25) is 61.3 Å². The number of rotatable bonds is 35. The fourth-order valence-corrected chi connectivity index (χ4v) is 23.3. The number of nitrogens with two attached hydrogens (primary N) is 4. The van der Waals surface area contributed by atoms with Gasteiger partial charge in [-0.15, -0.1) is 0 Å². The van der Waals surface area contributed by atoms with Gasteiger partial charge in [-0.25, -0.2) is 59.4 Å². The molecule has 0 amide bonds. The Bertz CT molecular complexity index is 6510. The van der Waals surface area contributed by atoms with Gasteiger partial charge in [0.15, 0.2) is 52.4 Å². The molecule has 6 aliphatic heterocycles. The fraction of sp³-hybridized carbons (Fsp3) is 0.576. The Kier molecular flexibility index (Phi) is 46.0. The Labute approximate surface area is 941 Å². The largest absolute Gasteiger partial charge is 1.00 e. The van der Waals surface area contributed by atoms with E-state index in [-0.39, 0.29) is 295 Å². The van der Waals surface area contributed by atoms with Crippen LogP contribution >= 0.6 is 40.4 Å². The van der Waals surface area contributed by atoms with E-state index in [4.69, 9.17) is 177 Å². The predicted octanol–water partition coefficient (Wildman–Crippen LogP) is -17.5. The SMILES string of the molecule is CC.CC.CC[C@H]1O[C@@H](n2cc(C)c(=O)[nH]c2=O)CC1OP([O-])(=S)OC[C@H]1O[C@@H](n2cnc3c(N)ncnc32)CC1OP(=O)([S-])OC[C@H]1O[C@@H](n2cnc3c(N)ncnc32)CC1OP([O-])(=S)OC[C@H]1O[C@@H](n2cnc3c(N)ncnc32)CC1OP([O-])(=S)OC[C@H]1O[C@@H](n2cc(C)c(=O)[nH]c2=O)CC1OP([O-])(=S)OC[C@H]1O[C@@H](n2cnc3c(=O)[nH]c(N)nc32)CC1OP([O-])(=S)OC.[Na+].[Na+].[Na+].[Na+].[Na+].[Na+]. The van der Waals surface area contributed by atoms with Gasteiger partial charge in [0.05, 0.1) is 101 Å². The second-order valence-corrected chi connectivity index (χ2v) is 45.6. The molecule has 10 aromatic heterocycles. The number of nitrogen functional groups attached to an aromatic ring is 4. The van der Waals surface area contributed by atoms with E-state index in [0.717, 1.165) is 18.0 Å². The van der Waals surface area contributed by atoms with Gasteiger partial charge in [0.2, 0.25) is 5.95 Å². The molecule has 6 saturated heterocycles. The Morgan fingerprint density at radius 3 is 0.978 bits per heavy atom. The molecule has 6 aliphatic rings. The van der Waals surface area contributed by atoms with Crippen LogP contribution in [0.1, 0.15) is 128 Å².